The quantitative estimate of drug-likeness (QED) is 0.488. The molecular formula is C17H21N7O2S. The second-order valence-corrected chi connectivity index (χ2v) is 7.99. The highest BCUT2D eigenvalue weighted by Crippen LogP contribution is 2.33. The summed E-state index contributed by atoms with van der Waals surface area (Å²) in [5.41, 5.74) is 1.59. The molecule has 0 spiro atoms. The largest absolute Gasteiger partial charge is 0.332 e. The number of carbonyl (C=O) groups excluding carboxylic acids is 2. The normalized spacial score (nSPS) is 23.6. The predicted octanol–water partition coefficient (Wildman–Crippen LogP) is 1.33. The van der Waals surface area contributed by atoms with Gasteiger partial charge in [0.05, 0.1) is 17.8 Å². The van der Waals surface area contributed by atoms with Gasteiger partial charge in [-0.25, -0.2) is 9.48 Å². The van der Waals surface area contributed by atoms with Crippen molar-refractivity contribution in [1.29, 1.82) is 0 Å². The molecule has 1 aromatic heterocycles. The maximum absolute atomic E-state index is 12.1. The van der Waals surface area contributed by atoms with Crippen LogP contribution in [0.3, 0.4) is 0 Å². The van der Waals surface area contributed by atoms with Crippen LogP contribution >= 0.6 is 11.8 Å². The summed E-state index contributed by atoms with van der Waals surface area (Å²) >= 11 is 1.90. The Bertz CT molecular complexity index is 796. The molecule has 4 rings (SSSR count). The fourth-order valence-electron chi connectivity index (χ4n) is 3.47. The Morgan fingerprint density at radius 1 is 1.26 bits per heavy atom. The molecule has 3 N–H and O–H groups in total. The van der Waals surface area contributed by atoms with Crippen molar-refractivity contribution in [2.45, 2.75) is 43.0 Å². The monoisotopic (exact) mass is 387 g/mol. The number of hydrogen-bond donors (Lipinski definition) is 3. The Hall–Kier alpha value is -2.62. The van der Waals surface area contributed by atoms with E-state index in [1.807, 2.05) is 36.0 Å². The molecule has 0 radical (unpaired) electrons. The lowest BCUT2D eigenvalue weighted by molar-refractivity contribution is -0.116. The first kappa shape index (κ1) is 17.8. The number of amides is 3. The van der Waals surface area contributed by atoms with Gasteiger partial charge in [0, 0.05) is 23.1 Å². The number of rotatable bonds is 7. The molecule has 2 aliphatic rings. The molecule has 3 atom stereocenters. The van der Waals surface area contributed by atoms with Crippen LogP contribution in [0.25, 0.3) is 5.69 Å². The number of carbonyl (C=O) groups is 2. The number of thioether (sulfide) groups is 1. The molecular weight excluding hydrogens is 366 g/mol. The molecule has 3 amide bonds. The van der Waals surface area contributed by atoms with Gasteiger partial charge >= 0.3 is 6.03 Å². The van der Waals surface area contributed by atoms with Gasteiger partial charge in [0.1, 0.15) is 6.33 Å². The smallest absolute Gasteiger partial charge is 0.315 e. The van der Waals surface area contributed by atoms with Gasteiger partial charge in [-0.15, -0.1) is 5.10 Å². The van der Waals surface area contributed by atoms with Gasteiger partial charge in [0.15, 0.2) is 0 Å². The maximum atomic E-state index is 12.1. The average Bonchev–Trinajstić information content (AvgIpc) is 3.38. The van der Waals surface area contributed by atoms with Crippen LogP contribution in [0.4, 0.5) is 10.5 Å². The standard InChI is InChI=1S/C17H21N7O2S/c25-15(19-11-5-7-12(8-6-11)24-10-18-22-23-24)4-2-1-3-14-16-13(9-27-14)20-17(26)21-16/h5-8,10,13-14,16H,1-4,9H2,(H,19,25)(H2,20,21,26)/t13-,14-,16-/m0/s1. The topological polar surface area (TPSA) is 114 Å². The number of anilines is 1. The lowest BCUT2D eigenvalue weighted by Crippen LogP contribution is -2.36. The van der Waals surface area contributed by atoms with E-state index in [0.29, 0.717) is 11.7 Å². The van der Waals surface area contributed by atoms with Crippen molar-refractivity contribution in [3.8, 4) is 5.69 Å². The highest BCUT2D eigenvalue weighted by molar-refractivity contribution is 8.00. The molecule has 2 fully saturated rings. The molecule has 1 aromatic carbocycles. The molecule has 9 nitrogen and oxygen atoms in total. The fourth-order valence-corrected chi connectivity index (χ4v) is 5.02. The molecule has 2 aliphatic heterocycles. The van der Waals surface area contributed by atoms with Crippen molar-refractivity contribution in [3.05, 3.63) is 30.6 Å². The number of nitrogens with zero attached hydrogens (tertiary/aromatic N) is 4. The number of fused-ring (bicyclic) bond motifs is 1. The minimum atomic E-state index is -0.0548. The fraction of sp³-hybridized carbons (Fsp3) is 0.471. The molecule has 10 heteroatoms. The molecule has 0 aliphatic carbocycles. The summed E-state index contributed by atoms with van der Waals surface area (Å²) in [6.07, 6.45) is 4.84. The van der Waals surface area contributed by atoms with Crippen LogP contribution in [0, 0.1) is 0 Å². The molecule has 0 bridgehead atoms. The third-order valence-corrected chi connectivity index (χ3v) is 6.35. The van der Waals surface area contributed by atoms with Gasteiger partial charge in [0.25, 0.3) is 0 Å². The van der Waals surface area contributed by atoms with E-state index in [4.69, 9.17) is 0 Å². The number of benzene rings is 1. The summed E-state index contributed by atoms with van der Waals surface area (Å²) in [5, 5.41) is 20.3. The number of nitrogens with one attached hydrogen (secondary N) is 3. The van der Waals surface area contributed by atoms with E-state index in [2.05, 4.69) is 31.5 Å². The lowest BCUT2D eigenvalue weighted by atomic mass is 10.0. The van der Waals surface area contributed by atoms with E-state index in [0.717, 1.165) is 36.4 Å². The minimum Gasteiger partial charge on any atom is -0.332 e. The number of urea groups is 1. The number of tetrazole rings is 1. The van der Waals surface area contributed by atoms with E-state index in [9.17, 15) is 9.59 Å². The SMILES string of the molecule is O=C(CCCC[C@@H]1SC[C@@H]2NC(=O)N[C@@H]21)Nc1ccc(-n2cnnn2)cc1. The summed E-state index contributed by atoms with van der Waals surface area (Å²) in [6, 6.07) is 7.80. The first-order chi connectivity index (χ1) is 13.2. The molecule has 2 saturated heterocycles. The van der Waals surface area contributed by atoms with Gasteiger partial charge in [-0.2, -0.15) is 11.8 Å². The Labute approximate surface area is 160 Å². The first-order valence-corrected chi connectivity index (χ1v) is 10.1. The molecule has 142 valence electrons. The van der Waals surface area contributed by atoms with Crippen molar-refractivity contribution in [2.24, 2.45) is 0 Å². The lowest BCUT2D eigenvalue weighted by Gasteiger charge is -2.16. The molecule has 0 unspecified atom stereocenters. The highest BCUT2D eigenvalue weighted by atomic mass is 32.2. The van der Waals surface area contributed by atoms with E-state index in [-0.39, 0.29) is 24.0 Å². The first-order valence-electron chi connectivity index (χ1n) is 9.01. The van der Waals surface area contributed by atoms with E-state index in [1.54, 1.807) is 4.68 Å². The van der Waals surface area contributed by atoms with Crippen LogP contribution in [-0.2, 0) is 4.79 Å². The van der Waals surface area contributed by atoms with Crippen LogP contribution in [0.15, 0.2) is 30.6 Å². The summed E-state index contributed by atoms with van der Waals surface area (Å²) in [4.78, 5) is 23.5. The van der Waals surface area contributed by atoms with Crippen molar-refractivity contribution >= 4 is 29.4 Å². The Morgan fingerprint density at radius 2 is 2.11 bits per heavy atom. The molecule has 2 aromatic rings. The van der Waals surface area contributed by atoms with Gasteiger partial charge in [-0.05, 0) is 47.5 Å². The summed E-state index contributed by atoms with van der Waals surface area (Å²) in [5.74, 6) is 0.979. The third-order valence-electron chi connectivity index (χ3n) is 4.85. The molecule has 27 heavy (non-hydrogen) atoms. The second kappa shape index (κ2) is 7.95. The summed E-state index contributed by atoms with van der Waals surface area (Å²) in [7, 11) is 0. The zero-order chi connectivity index (χ0) is 18.6. The van der Waals surface area contributed by atoms with Gasteiger partial charge in [-0.1, -0.05) is 6.42 Å². The van der Waals surface area contributed by atoms with Crippen molar-refractivity contribution in [1.82, 2.24) is 30.8 Å². The predicted molar refractivity (Wildman–Crippen MR) is 102 cm³/mol. The van der Waals surface area contributed by atoms with Crippen molar-refractivity contribution < 1.29 is 9.59 Å². The van der Waals surface area contributed by atoms with Crippen LogP contribution in [0.1, 0.15) is 25.7 Å². The van der Waals surface area contributed by atoms with Crippen molar-refractivity contribution in [2.75, 3.05) is 11.1 Å². The Balaban J connectivity index is 1.17. The summed E-state index contributed by atoms with van der Waals surface area (Å²) < 4.78 is 1.56. The van der Waals surface area contributed by atoms with Crippen LogP contribution in [-0.4, -0.2) is 55.2 Å². The van der Waals surface area contributed by atoms with Crippen LogP contribution < -0.4 is 16.0 Å². The minimum absolute atomic E-state index is 0.0120. The highest BCUT2D eigenvalue weighted by Gasteiger charge is 2.42. The zero-order valence-electron chi connectivity index (χ0n) is 14.7. The zero-order valence-corrected chi connectivity index (χ0v) is 15.5. The Kier molecular flexibility index (Phi) is 5.23. The van der Waals surface area contributed by atoms with Crippen LogP contribution in [0.5, 0.6) is 0 Å². The van der Waals surface area contributed by atoms with Gasteiger partial charge in [0.2, 0.25) is 5.91 Å². The van der Waals surface area contributed by atoms with Crippen LogP contribution in [0.2, 0.25) is 0 Å². The third kappa shape index (κ3) is 4.21. The number of unbranched alkanes of at least 4 members (excludes halogenated alkanes) is 1. The molecule has 3 heterocycles. The second-order valence-electron chi connectivity index (χ2n) is 6.72. The van der Waals surface area contributed by atoms with E-state index in [1.165, 1.54) is 6.33 Å². The van der Waals surface area contributed by atoms with Gasteiger partial charge in [-0.3, -0.25) is 4.79 Å². The summed E-state index contributed by atoms with van der Waals surface area (Å²) in [6.45, 7) is 0. The maximum Gasteiger partial charge on any atom is 0.315 e. The number of aromatic nitrogens is 4. The number of hydrogen-bond acceptors (Lipinski definition) is 6. The average molecular weight is 387 g/mol. The van der Waals surface area contributed by atoms with Gasteiger partial charge < -0.3 is 16.0 Å². The molecule has 0 saturated carbocycles. The van der Waals surface area contributed by atoms with Crippen molar-refractivity contribution in [3.63, 3.8) is 0 Å². The van der Waals surface area contributed by atoms with E-state index < -0.39 is 0 Å². The Morgan fingerprint density at radius 3 is 2.89 bits per heavy atom. The van der Waals surface area contributed by atoms with E-state index >= 15 is 0 Å².